The van der Waals surface area contributed by atoms with Gasteiger partial charge in [-0.2, -0.15) is 0 Å². The van der Waals surface area contributed by atoms with Gasteiger partial charge in [-0.3, -0.25) is 9.69 Å². The maximum Gasteiger partial charge on any atom is 0.211 e. The van der Waals surface area contributed by atoms with Crippen LogP contribution in [0.5, 0.6) is 5.75 Å². The van der Waals surface area contributed by atoms with Crippen molar-refractivity contribution in [2.45, 2.75) is 26.2 Å². The smallest absolute Gasteiger partial charge is 0.211 e. The third kappa shape index (κ3) is 9.54. The molecule has 3 aromatic rings. The number of likely N-dealkylation sites (N-methyl/N-ethyl adjacent to an activating group) is 1. The summed E-state index contributed by atoms with van der Waals surface area (Å²) in [5.41, 5.74) is 2.24. The first-order chi connectivity index (χ1) is 18.3. The van der Waals surface area contributed by atoms with Crippen molar-refractivity contribution in [2.24, 2.45) is 0 Å². The van der Waals surface area contributed by atoms with E-state index in [1.165, 1.54) is 0 Å². The second kappa shape index (κ2) is 14.2. The molecule has 2 aromatic heterocycles. The Balaban J connectivity index is 0.000000304. The number of nitrogens with one attached hydrogen (secondary N) is 2. The van der Waals surface area contributed by atoms with Crippen molar-refractivity contribution in [1.29, 1.82) is 0 Å². The van der Waals surface area contributed by atoms with E-state index in [2.05, 4.69) is 70.2 Å². The molecule has 38 heavy (non-hydrogen) atoms. The molecule has 1 aliphatic rings. The van der Waals surface area contributed by atoms with Gasteiger partial charge < -0.3 is 24.8 Å². The standard InChI is InChI=1S/C21H24N4O2.C8H14N2O/c1-24-10-12-25(13-11-24)14-15-27-21-8-3-18(4-9-21)2-5-19-6-7-20(16-22-19)23-17-26;1-8(2,3)6-5-7(9-4)10-11-6/h3-4,6-9,16-17H,10-15H2,1H3,(H,23,26);5H,1-4H3,(H,9,10). The fourth-order valence-electron chi connectivity index (χ4n) is 3.50. The van der Waals surface area contributed by atoms with E-state index in [4.69, 9.17) is 9.26 Å². The fraction of sp³-hybridized carbons (Fsp3) is 0.414. The molecule has 4 rings (SSSR count). The number of hydrogen-bond donors (Lipinski definition) is 2. The topological polar surface area (TPSA) is 95.8 Å². The van der Waals surface area contributed by atoms with Gasteiger partial charge in [-0.1, -0.05) is 31.8 Å². The largest absolute Gasteiger partial charge is 0.492 e. The van der Waals surface area contributed by atoms with Crippen LogP contribution in [-0.2, 0) is 10.2 Å². The van der Waals surface area contributed by atoms with Gasteiger partial charge in [0, 0.05) is 56.8 Å². The second-order valence-electron chi connectivity index (χ2n) is 10.0. The summed E-state index contributed by atoms with van der Waals surface area (Å²) in [5.74, 6) is 8.64. The molecule has 1 saturated heterocycles. The average Bonchev–Trinajstić information content (AvgIpc) is 3.41. The molecule has 1 aromatic carbocycles. The third-order valence-electron chi connectivity index (χ3n) is 5.96. The highest BCUT2D eigenvalue weighted by Gasteiger charge is 2.19. The van der Waals surface area contributed by atoms with Gasteiger partial charge in [0.1, 0.15) is 23.8 Å². The van der Waals surface area contributed by atoms with Crippen LogP contribution in [0.4, 0.5) is 11.5 Å². The summed E-state index contributed by atoms with van der Waals surface area (Å²) in [7, 11) is 3.98. The number of carbonyl (C=O) groups excluding carboxylic acids is 1. The van der Waals surface area contributed by atoms with Gasteiger partial charge in [-0.25, -0.2) is 4.98 Å². The number of nitrogens with zero attached hydrogens (tertiary/aromatic N) is 4. The number of carbonyl (C=O) groups is 1. The molecule has 0 atom stereocenters. The van der Waals surface area contributed by atoms with Crippen molar-refractivity contribution in [3.8, 4) is 17.6 Å². The van der Waals surface area contributed by atoms with Gasteiger partial charge in [-0.15, -0.1) is 0 Å². The van der Waals surface area contributed by atoms with Gasteiger partial charge in [0.05, 0.1) is 11.9 Å². The fourth-order valence-corrected chi connectivity index (χ4v) is 3.50. The third-order valence-corrected chi connectivity index (χ3v) is 5.96. The van der Waals surface area contributed by atoms with E-state index in [1.807, 2.05) is 37.4 Å². The summed E-state index contributed by atoms with van der Waals surface area (Å²) in [6.07, 6.45) is 2.20. The Morgan fingerprint density at radius 3 is 2.37 bits per heavy atom. The maximum absolute atomic E-state index is 10.4. The first kappa shape index (κ1) is 28.7. The van der Waals surface area contributed by atoms with Crippen molar-refractivity contribution in [3.63, 3.8) is 0 Å². The van der Waals surface area contributed by atoms with Crippen molar-refractivity contribution in [1.82, 2.24) is 19.9 Å². The molecule has 0 saturated carbocycles. The highest BCUT2D eigenvalue weighted by atomic mass is 16.5. The summed E-state index contributed by atoms with van der Waals surface area (Å²) < 4.78 is 10.9. The second-order valence-corrected chi connectivity index (χ2v) is 10.0. The van der Waals surface area contributed by atoms with E-state index >= 15 is 0 Å². The van der Waals surface area contributed by atoms with Gasteiger partial charge in [0.25, 0.3) is 0 Å². The SMILES string of the molecule is CN1CCN(CCOc2ccc(C#Cc3ccc(NC=O)cn3)cc2)CC1.CNc1cc(C(C)(C)C)on1. The van der Waals surface area contributed by atoms with Crippen LogP contribution in [0.2, 0.25) is 0 Å². The molecule has 1 amide bonds. The minimum atomic E-state index is 0.0437. The van der Waals surface area contributed by atoms with Gasteiger partial charge in [-0.05, 0) is 49.4 Å². The molecule has 9 heteroatoms. The number of ether oxygens (including phenoxy) is 1. The molecule has 0 aliphatic carbocycles. The highest BCUT2D eigenvalue weighted by Crippen LogP contribution is 2.23. The van der Waals surface area contributed by atoms with Crippen LogP contribution in [0.15, 0.2) is 53.2 Å². The highest BCUT2D eigenvalue weighted by molar-refractivity contribution is 5.70. The predicted octanol–water partition coefficient (Wildman–Crippen LogP) is 3.69. The molecule has 202 valence electrons. The van der Waals surface area contributed by atoms with E-state index in [0.717, 1.165) is 55.6 Å². The maximum atomic E-state index is 10.4. The van der Waals surface area contributed by atoms with Crippen LogP contribution in [0.25, 0.3) is 0 Å². The molecule has 1 fully saturated rings. The molecule has 2 N–H and O–H groups in total. The Labute approximate surface area is 225 Å². The van der Waals surface area contributed by atoms with E-state index in [1.54, 1.807) is 18.3 Å². The Morgan fingerprint density at radius 2 is 1.82 bits per heavy atom. The molecular formula is C29H38N6O3. The Morgan fingerprint density at radius 1 is 1.08 bits per heavy atom. The van der Waals surface area contributed by atoms with E-state index in [9.17, 15) is 4.79 Å². The lowest BCUT2D eigenvalue weighted by Gasteiger charge is -2.32. The Kier molecular flexibility index (Phi) is 10.7. The summed E-state index contributed by atoms with van der Waals surface area (Å²) >= 11 is 0. The lowest BCUT2D eigenvalue weighted by Crippen LogP contribution is -2.45. The summed E-state index contributed by atoms with van der Waals surface area (Å²) in [4.78, 5) is 19.4. The quantitative estimate of drug-likeness (QED) is 0.361. The minimum Gasteiger partial charge on any atom is -0.492 e. The zero-order valence-electron chi connectivity index (χ0n) is 23.0. The number of rotatable bonds is 7. The van der Waals surface area contributed by atoms with Crippen LogP contribution < -0.4 is 15.4 Å². The van der Waals surface area contributed by atoms with Crippen LogP contribution in [0.3, 0.4) is 0 Å². The zero-order valence-corrected chi connectivity index (χ0v) is 23.0. The normalized spacial score (nSPS) is 13.9. The van der Waals surface area contributed by atoms with Gasteiger partial charge in [0.15, 0.2) is 5.82 Å². The molecule has 0 radical (unpaired) electrons. The van der Waals surface area contributed by atoms with Gasteiger partial charge >= 0.3 is 0 Å². The molecule has 0 unspecified atom stereocenters. The number of hydrogen-bond acceptors (Lipinski definition) is 8. The van der Waals surface area contributed by atoms with Crippen molar-refractivity contribution < 1.29 is 14.1 Å². The van der Waals surface area contributed by atoms with E-state index < -0.39 is 0 Å². The van der Waals surface area contributed by atoms with Crippen molar-refractivity contribution >= 4 is 17.9 Å². The zero-order chi connectivity index (χ0) is 27.4. The number of aromatic nitrogens is 2. The van der Waals surface area contributed by atoms with Crippen LogP contribution in [-0.4, -0.2) is 79.8 Å². The molecular weight excluding hydrogens is 480 g/mol. The van der Waals surface area contributed by atoms with Crippen LogP contribution >= 0.6 is 0 Å². The number of pyridine rings is 1. The molecule has 3 heterocycles. The first-order valence-corrected chi connectivity index (χ1v) is 12.7. The molecule has 0 bridgehead atoms. The average molecular weight is 519 g/mol. The lowest BCUT2D eigenvalue weighted by atomic mass is 9.93. The summed E-state index contributed by atoms with van der Waals surface area (Å²) in [6.45, 7) is 12.4. The first-order valence-electron chi connectivity index (χ1n) is 12.7. The van der Waals surface area contributed by atoms with Gasteiger partial charge in [0.2, 0.25) is 6.41 Å². The number of anilines is 2. The molecule has 0 spiro atoms. The van der Waals surface area contributed by atoms with Crippen molar-refractivity contribution in [2.75, 3.05) is 64.1 Å². The van der Waals surface area contributed by atoms with Crippen LogP contribution in [0, 0.1) is 11.8 Å². The number of benzene rings is 1. The van der Waals surface area contributed by atoms with E-state index in [-0.39, 0.29) is 5.41 Å². The Hall–Kier alpha value is -3.87. The van der Waals surface area contributed by atoms with Crippen LogP contribution in [0.1, 0.15) is 37.8 Å². The minimum absolute atomic E-state index is 0.0437. The lowest BCUT2D eigenvalue weighted by molar-refractivity contribution is -0.105. The predicted molar refractivity (Wildman–Crippen MR) is 151 cm³/mol. The monoisotopic (exact) mass is 518 g/mol. The summed E-state index contributed by atoms with van der Waals surface area (Å²) in [5, 5.41) is 9.27. The molecule has 9 nitrogen and oxygen atoms in total. The number of amides is 1. The van der Waals surface area contributed by atoms with Crippen molar-refractivity contribution in [3.05, 3.63) is 65.7 Å². The van der Waals surface area contributed by atoms with E-state index in [0.29, 0.717) is 24.4 Å². The molecule has 1 aliphatic heterocycles. The Bertz CT molecular complexity index is 1180. The summed E-state index contributed by atoms with van der Waals surface area (Å²) in [6, 6.07) is 13.2. The number of piperazine rings is 1.